The van der Waals surface area contributed by atoms with Crippen LogP contribution in [0.3, 0.4) is 0 Å². The van der Waals surface area contributed by atoms with Crippen LogP contribution in [0.5, 0.6) is 0 Å². The molecule has 0 atom stereocenters. The standard InChI is InChI=1S/C15H21N3O2/c1-17-7-8-18(11-13-3-2-6-16-14(13)17)15(19)12-4-9-20-10-5-12/h2-3,6,12H,4-5,7-11H2,1H3. The number of hydrogen-bond acceptors (Lipinski definition) is 4. The van der Waals surface area contributed by atoms with Crippen LogP contribution in [-0.4, -0.2) is 49.1 Å². The van der Waals surface area contributed by atoms with Gasteiger partial charge in [-0.05, 0) is 18.9 Å². The zero-order valence-electron chi connectivity index (χ0n) is 11.9. The molecule has 3 heterocycles. The third-order valence-corrected chi connectivity index (χ3v) is 4.18. The fourth-order valence-electron chi connectivity index (χ4n) is 2.95. The third-order valence-electron chi connectivity index (χ3n) is 4.18. The number of amides is 1. The molecule has 0 aliphatic carbocycles. The van der Waals surface area contributed by atoms with Crippen molar-refractivity contribution in [3.05, 3.63) is 23.9 Å². The second kappa shape index (κ2) is 5.79. The van der Waals surface area contributed by atoms with Gasteiger partial charge in [0.15, 0.2) is 0 Å². The van der Waals surface area contributed by atoms with Gasteiger partial charge in [-0.3, -0.25) is 4.79 Å². The maximum Gasteiger partial charge on any atom is 0.226 e. The van der Waals surface area contributed by atoms with Crippen LogP contribution in [-0.2, 0) is 16.1 Å². The van der Waals surface area contributed by atoms with Crippen LogP contribution in [0.15, 0.2) is 18.3 Å². The number of nitrogens with zero attached hydrogens (tertiary/aromatic N) is 3. The van der Waals surface area contributed by atoms with Crippen molar-refractivity contribution in [3.8, 4) is 0 Å². The first-order valence-corrected chi connectivity index (χ1v) is 7.27. The van der Waals surface area contributed by atoms with E-state index in [1.807, 2.05) is 24.2 Å². The maximum atomic E-state index is 12.7. The zero-order chi connectivity index (χ0) is 13.9. The van der Waals surface area contributed by atoms with Crippen molar-refractivity contribution in [1.29, 1.82) is 0 Å². The lowest BCUT2D eigenvalue weighted by Crippen LogP contribution is -2.40. The van der Waals surface area contributed by atoms with Gasteiger partial charge in [-0.15, -0.1) is 0 Å². The molecule has 0 bridgehead atoms. The Morgan fingerprint density at radius 2 is 2.15 bits per heavy atom. The van der Waals surface area contributed by atoms with Crippen LogP contribution in [0.2, 0.25) is 0 Å². The third kappa shape index (κ3) is 2.63. The van der Waals surface area contributed by atoms with Gasteiger partial charge in [0.05, 0.1) is 0 Å². The van der Waals surface area contributed by atoms with Gasteiger partial charge in [0.2, 0.25) is 5.91 Å². The molecule has 0 saturated carbocycles. The molecule has 2 aliphatic heterocycles. The molecule has 20 heavy (non-hydrogen) atoms. The lowest BCUT2D eigenvalue weighted by molar-refractivity contribution is -0.139. The average Bonchev–Trinajstić information content (AvgIpc) is 2.67. The topological polar surface area (TPSA) is 45.7 Å². The fraction of sp³-hybridized carbons (Fsp3) is 0.600. The van der Waals surface area contributed by atoms with Crippen LogP contribution in [0, 0.1) is 5.92 Å². The Kier molecular flexibility index (Phi) is 3.87. The van der Waals surface area contributed by atoms with E-state index in [9.17, 15) is 4.79 Å². The summed E-state index contributed by atoms with van der Waals surface area (Å²) in [4.78, 5) is 21.2. The SMILES string of the molecule is CN1CCN(C(=O)C2CCOCC2)Cc2cccnc21. The summed E-state index contributed by atoms with van der Waals surface area (Å²) in [7, 11) is 2.04. The summed E-state index contributed by atoms with van der Waals surface area (Å²) in [5.74, 6) is 1.40. The van der Waals surface area contributed by atoms with Crippen molar-refractivity contribution in [2.24, 2.45) is 5.92 Å². The number of carbonyl (C=O) groups excluding carboxylic acids is 1. The Labute approximate surface area is 119 Å². The maximum absolute atomic E-state index is 12.7. The summed E-state index contributed by atoms with van der Waals surface area (Å²) >= 11 is 0. The van der Waals surface area contributed by atoms with Crippen molar-refractivity contribution >= 4 is 11.7 Å². The van der Waals surface area contributed by atoms with E-state index in [0.29, 0.717) is 19.8 Å². The van der Waals surface area contributed by atoms with Crippen LogP contribution in [0.4, 0.5) is 5.82 Å². The van der Waals surface area contributed by atoms with Crippen molar-refractivity contribution in [3.63, 3.8) is 0 Å². The van der Waals surface area contributed by atoms with Crippen molar-refractivity contribution in [2.45, 2.75) is 19.4 Å². The Hall–Kier alpha value is -1.62. The highest BCUT2D eigenvalue weighted by Crippen LogP contribution is 2.24. The Morgan fingerprint density at radius 1 is 1.35 bits per heavy atom. The van der Waals surface area contributed by atoms with E-state index in [-0.39, 0.29) is 11.8 Å². The quantitative estimate of drug-likeness (QED) is 0.774. The minimum atomic E-state index is 0.132. The van der Waals surface area contributed by atoms with Crippen LogP contribution < -0.4 is 4.90 Å². The van der Waals surface area contributed by atoms with E-state index in [4.69, 9.17) is 4.74 Å². The number of anilines is 1. The molecule has 3 rings (SSSR count). The molecular weight excluding hydrogens is 254 g/mol. The second-order valence-electron chi connectivity index (χ2n) is 5.55. The van der Waals surface area contributed by atoms with E-state index in [1.165, 1.54) is 0 Å². The number of fused-ring (bicyclic) bond motifs is 1. The number of rotatable bonds is 1. The van der Waals surface area contributed by atoms with Crippen LogP contribution >= 0.6 is 0 Å². The molecule has 1 aromatic heterocycles. The highest BCUT2D eigenvalue weighted by Gasteiger charge is 2.28. The van der Waals surface area contributed by atoms with Gasteiger partial charge >= 0.3 is 0 Å². The van der Waals surface area contributed by atoms with Gasteiger partial charge in [-0.1, -0.05) is 6.07 Å². The van der Waals surface area contributed by atoms with E-state index in [2.05, 4.69) is 16.0 Å². The molecule has 5 nitrogen and oxygen atoms in total. The molecule has 108 valence electrons. The number of likely N-dealkylation sites (N-methyl/N-ethyl adjacent to an activating group) is 1. The summed E-state index contributed by atoms with van der Waals surface area (Å²) in [6.07, 6.45) is 3.52. The summed E-state index contributed by atoms with van der Waals surface area (Å²) in [6.45, 7) is 3.69. The van der Waals surface area contributed by atoms with E-state index in [1.54, 1.807) is 0 Å². The number of carbonyl (C=O) groups is 1. The molecular formula is C15H21N3O2. The first kappa shape index (κ1) is 13.4. The van der Waals surface area contributed by atoms with Crippen molar-refractivity contribution < 1.29 is 9.53 Å². The summed E-state index contributed by atoms with van der Waals surface area (Å²) < 4.78 is 5.35. The number of aromatic nitrogens is 1. The monoisotopic (exact) mass is 275 g/mol. The van der Waals surface area contributed by atoms with Gasteiger partial charge in [-0.2, -0.15) is 0 Å². The van der Waals surface area contributed by atoms with Gasteiger partial charge in [0.1, 0.15) is 5.82 Å². The fourth-order valence-corrected chi connectivity index (χ4v) is 2.95. The first-order chi connectivity index (χ1) is 9.75. The second-order valence-corrected chi connectivity index (χ2v) is 5.55. The first-order valence-electron chi connectivity index (χ1n) is 7.27. The van der Waals surface area contributed by atoms with Crippen LogP contribution in [0.1, 0.15) is 18.4 Å². The molecule has 0 unspecified atom stereocenters. The normalized spacial score (nSPS) is 20.4. The van der Waals surface area contributed by atoms with Gasteiger partial charge in [0.25, 0.3) is 0 Å². The van der Waals surface area contributed by atoms with E-state index < -0.39 is 0 Å². The number of hydrogen-bond donors (Lipinski definition) is 0. The largest absolute Gasteiger partial charge is 0.381 e. The van der Waals surface area contributed by atoms with Gasteiger partial charge in [0, 0.05) is 57.6 Å². The Balaban J connectivity index is 1.77. The number of pyridine rings is 1. The average molecular weight is 275 g/mol. The molecule has 1 amide bonds. The van der Waals surface area contributed by atoms with Gasteiger partial charge in [-0.25, -0.2) is 4.98 Å². The summed E-state index contributed by atoms with van der Waals surface area (Å²) in [5, 5.41) is 0. The molecule has 0 radical (unpaired) electrons. The van der Waals surface area contributed by atoms with Crippen molar-refractivity contribution in [2.75, 3.05) is 38.3 Å². The Bertz CT molecular complexity index is 486. The molecule has 0 spiro atoms. The molecule has 1 fully saturated rings. The summed E-state index contributed by atoms with van der Waals surface area (Å²) in [5.41, 5.74) is 1.13. The highest BCUT2D eigenvalue weighted by molar-refractivity contribution is 5.79. The summed E-state index contributed by atoms with van der Waals surface area (Å²) in [6, 6.07) is 4.00. The minimum Gasteiger partial charge on any atom is -0.381 e. The molecule has 2 aliphatic rings. The van der Waals surface area contributed by atoms with E-state index >= 15 is 0 Å². The predicted octanol–water partition coefficient (Wildman–Crippen LogP) is 1.29. The zero-order valence-corrected chi connectivity index (χ0v) is 11.9. The molecule has 1 aromatic rings. The molecule has 1 saturated heterocycles. The molecule has 5 heteroatoms. The number of ether oxygens (including phenoxy) is 1. The molecule has 0 aromatic carbocycles. The predicted molar refractivity (Wildman–Crippen MR) is 76.5 cm³/mol. The lowest BCUT2D eigenvalue weighted by Gasteiger charge is -2.28. The smallest absolute Gasteiger partial charge is 0.226 e. The van der Waals surface area contributed by atoms with Crippen LogP contribution in [0.25, 0.3) is 0 Å². The molecule has 0 N–H and O–H groups in total. The minimum absolute atomic E-state index is 0.132. The van der Waals surface area contributed by atoms with E-state index in [0.717, 1.165) is 37.3 Å². The highest BCUT2D eigenvalue weighted by atomic mass is 16.5. The lowest BCUT2D eigenvalue weighted by atomic mass is 9.98. The van der Waals surface area contributed by atoms with Gasteiger partial charge < -0.3 is 14.5 Å². The van der Waals surface area contributed by atoms with Crippen molar-refractivity contribution in [1.82, 2.24) is 9.88 Å². The Morgan fingerprint density at radius 3 is 2.95 bits per heavy atom.